The van der Waals surface area contributed by atoms with Crippen LogP contribution in [-0.2, 0) is 20.8 Å². The molecule has 9 nitrogen and oxygen atoms in total. The molecular formula is C33H43N3O6. The van der Waals surface area contributed by atoms with Crippen LogP contribution in [-0.4, -0.2) is 62.2 Å². The van der Waals surface area contributed by atoms with Gasteiger partial charge in [-0.25, -0.2) is 4.79 Å². The average molecular weight is 578 g/mol. The van der Waals surface area contributed by atoms with Crippen molar-refractivity contribution in [1.29, 1.82) is 0 Å². The van der Waals surface area contributed by atoms with Crippen LogP contribution in [0.1, 0.15) is 71.3 Å². The van der Waals surface area contributed by atoms with E-state index >= 15 is 0 Å². The number of nitrogens with one attached hydrogen (secondary N) is 2. The number of aromatic nitrogens is 1. The van der Waals surface area contributed by atoms with Crippen LogP contribution in [0.25, 0.3) is 10.9 Å². The minimum absolute atomic E-state index is 0.133. The third kappa shape index (κ3) is 4.74. The van der Waals surface area contributed by atoms with E-state index in [4.69, 9.17) is 4.84 Å². The number of carboxylic acid groups (broad SMARTS) is 1. The highest BCUT2D eigenvalue weighted by atomic mass is 16.6. The zero-order chi connectivity index (χ0) is 29.9. The number of fused-ring (bicyclic) bond motifs is 6. The van der Waals surface area contributed by atoms with Gasteiger partial charge in [0.15, 0.2) is 6.61 Å². The summed E-state index contributed by atoms with van der Waals surface area (Å²) >= 11 is 0. The lowest BCUT2D eigenvalue weighted by Crippen LogP contribution is -2.59. The van der Waals surface area contributed by atoms with E-state index in [2.05, 4.69) is 35.4 Å². The van der Waals surface area contributed by atoms with E-state index in [1.165, 1.54) is 5.57 Å². The number of H-pyrrole nitrogens is 1. The molecule has 3 saturated carbocycles. The first kappa shape index (κ1) is 28.9. The number of hydrogen-bond acceptors (Lipinski definition) is 6. The molecule has 1 aromatic carbocycles. The maximum atomic E-state index is 12.6. The van der Waals surface area contributed by atoms with Crippen molar-refractivity contribution in [2.45, 2.75) is 89.9 Å². The van der Waals surface area contributed by atoms with Gasteiger partial charge in [0.25, 0.3) is 5.91 Å². The Morgan fingerprint density at radius 3 is 2.74 bits per heavy atom. The summed E-state index contributed by atoms with van der Waals surface area (Å²) in [6.07, 6.45) is 9.42. The largest absolute Gasteiger partial charge is 0.480 e. The summed E-state index contributed by atoms with van der Waals surface area (Å²) in [7, 11) is 0. The van der Waals surface area contributed by atoms with E-state index in [0.29, 0.717) is 24.7 Å². The third-order valence-electron chi connectivity index (χ3n) is 11.6. The van der Waals surface area contributed by atoms with Crippen molar-refractivity contribution in [1.82, 2.24) is 10.3 Å². The molecule has 0 aliphatic heterocycles. The molecule has 42 heavy (non-hydrogen) atoms. The summed E-state index contributed by atoms with van der Waals surface area (Å²) in [5.41, 5.74) is 2.65. The molecule has 1 aromatic heterocycles. The fourth-order valence-electron chi connectivity index (χ4n) is 9.12. The molecule has 0 bridgehead atoms. The van der Waals surface area contributed by atoms with Gasteiger partial charge in [0.05, 0.1) is 17.4 Å². The van der Waals surface area contributed by atoms with Crippen LogP contribution in [0.2, 0.25) is 0 Å². The van der Waals surface area contributed by atoms with Crippen molar-refractivity contribution in [2.24, 2.45) is 33.7 Å². The molecule has 6 rings (SSSR count). The second-order valence-electron chi connectivity index (χ2n) is 13.8. The SMILES string of the molecule is C[C@]12CC/C(=N/OCC(=O)N[C@H](Cc3c[nH]c4ccccc34)C(=O)O)C=C1CC[C@@H]1[C@@H]2[C@@H](O)C[C@@]2(C)[C@H]1CC[C@]2(C)O. The summed E-state index contributed by atoms with van der Waals surface area (Å²) in [5, 5.41) is 40.1. The minimum Gasteiger partial charge on any atom is -0.480 e. The van der Waals surface area contributed by atoms with E-state index in [0.717, 1.165) is 54.3 Å². The number of allylic oxidation sites excluding steroid dienone is 2. The predicted octanol–water partition coefficient (Wildman–Crippen LogP) is 4.34. The number of para-hydroxylation sites is 1. The molecule has 9 heteroatoms. The summed E-state index contributed by atoms with van der Waals surface area (Å²) in [4.78, 5) is 33.0. The normalized spacial score (nSPS) is 37.4. The maximum absolute atomic E-state index is 12.6. The van der Waals surface area contributed by atoms with Gasteiger partial charge in [-0.2, -0.15) is 0 Å². The van der Waals surface area contributed by atoms with Gasteiger partial charge in [-0.1, -0.05) is 42.8 Å². The first-order valence-electron chi connectivity index (χ1n) is 15.3. The minimum atomic E-state index is -1.11. The third-order valence-corrected chi connectivity index (χ3v) is 11.6. The Balaban J connectivity index is 1.09. The second-order valence-corrected chi connectivity index (χ2v) is 13.8. The lowest BCUT2D eigenvalue weighted by atomic mass is 9.45. The number of benzene rings is 1. The Hall–Kier alpha value is -3.17. The smallest absolute Gasteiger partial charge is 0.326 e. The van der Waals surface area contributed by atoms with Crippen LogP contribution in [0.5, 0.6) is 0 Å². The zero-order valence-corrected chi connectivity index (χ0v) is 24.7. The monoisotopic (exact) mass is 577 g/mol. The standard InChI is InChI=1S/C33H43N3O6/c1-31-12-10-21(15-20(31)8-9-23-24-11-13-33(3,41)32(24,2)16-27(37)29(23)31)36-42-18-28(38)35-26(30(39)40)14-19-17-34-25-7-5-4-6-22(19)25/h4-7,15,17,23-24,26-27,29,34,37,41H,8-14,16,18H2,1-3H3,(H,35,38)(H,39,40)/b36-21-/t23-,24-,26+,27-,29+,31-,32-,33-/m0/s1. The highest BCUT2D eigenvalue weighted by Gasteiger charge is 2.64. The number of rotatable bonds is 7. The number of aliphatic hydroxyl groups excluding tert-OH is 1. The predicted molar refractivity (Wildman–Crippen MR) is 159 cm³/mol. The zero-order valence-electron chi connectivity index (χ0n) is 24.7. The second kappa shape index (κ2) is 10.5. The van der Waals surface area contributed by atoms with Crippen molar-refractivity contribution >= 4 is 28.5 Å². The Bertz CT molecular complexity index is 1440. The van der Waals surface area contributed by atoms with Crippen molar-refractivity contribution in [3.05, 3.63) is 47.7 Å². The first-order chi connectivity index (χ1) is 19.9. The number of amides is 1. The number of carboxylic acids is 1. The topological polar surface area (TPSA) is 144 Å². The quantitative estimate of drug-likeness (QED) is 0.310. The molecule has 0 radical (unpaired) electrons. The molecule has 0 saturated heterocycles. The van der Waals surface area contributed by atoms with Crippen molar-refractivity contribution in [3.8, 4) is 0 Å². The van der Waals surface area contributed by atoms with Gasteiger partial charge in [0, 0.05) is 28.9 Å². The molecular weight excluding hydrogens is 534 g/mol. The van der Waals surface area contributed by atoms with Crippen molar-refractivity contribution in [3.63, 3.8) is 0 Å². The molecule has 4 aliphatic rings. The van der Waals surface area contributed by atoms with E-state index in [9.17, 15) is 24.9 Å². The van der Waals surface area contributed by atoms with Gasteiger partial charge in [-0.05, 0) is 92.7 Å². The molecule has 4 aliphatic carbocycles. The van der Waals surface area contributed by atoms with Crippen LogP contribution >= 0.6 is 0 Å². The number of aliphatic hydroxyl groups is 2. The highest BCUT2D eigenvalue weighted by molar-refractivity contribution is 5.96. The Morgan fingerprint density at radius 1 is 1.17 bits per heavy atom. The molecule has 226 valence electrons. The number of hydrogen-bond donors (Lipinski definition) is 5. The number of aliphatic carboxylic acids is 1. The lowest BCUT2D eigenvalue weighted by molar-refractivity contribution is -0.164. The van der Waals surface area contributed by atoms with E-state index < -0.39 is 29.6 Å². The van der Waals surface area contributed by atoms with Gasteiger partial charge < -0.3 is 30.5 Å². The summed E-state index contributed by atoms with van der Waals surface area (Å²) < 4.78 is 0. The van der Waals surface area contributed by atoms with E-state index in [1.807, 2.05) is 31.2 Å². The van der Waals surface area contributed by atoms with Gasteiger partial charge >= 0.3 is 5.97 Å². The van der Waals surface area contributed by atoms with E-state index in [-0.39, 0.29) is 29.8 Å². The molecule has 8 atom stereocenters. The Kier molecular flexibility index (Phi) is 7.25. The van der Waals surface area contributed by atoms with E-state index in [1.54, 1.807) is 6.20 Å². The lowest BCUT2D eigenvalue weighted by Gasteiger charge is -2.60. The molecule has 1 heterocycles. The molecule has 0 spiro atoms. The number of carbonyl (C=O) groups is 2. The van der Waals surface area contributed by atoms with Crippen LogP contribution in [0.15, 0.2) is 47.3 Å². The fourth-order valence-corrected chi connectivity index (χ4v) is 9.12. The Labute approximate surface area is 246 Å². The number of aromatic amines is 1. The molecule has 5 N–H and O–H groups in total. The number of oxime groups is 1. The summed E-state index contributed by atoms with van der Waals surface area (Å²) in [6, 6.07) is 6.55. The van der Waals surface area contributed by atoms with Gasteiger partial charge in [-0.15, -0.1) is 0 Å². The average Bonchev–Trinajstić information content (AvgIpc) is 3.45. The van der Waals surface area contributed by atoms with Gasteiger partial charge in [-0.3, -0.25) is 4.79 Å². The molecule has 2 aromatic rings. The van der Waals surface area contributed by atoms with Crippen molar-refractivity contribution < 1.29 is 29.7 Å². The molecule has 3 fully saturated rings. The molecule has 0 unspecified atom stereocenters. The van der Waals surface area contributed by atoms with Crippen LogP contribution in [0, 0.1) is 28.6 Å². The van der Waals surface area contributed by atoms with Crippen molar-refractivity contribution in [2.75, 3.05) is 6.61 Å². The molecule has 1 amide bonds. The Morgan fingerprint density at radius 2 is 1.95 bits per heavy atom. The first-order valence-corrected chi connectivity index (χ1v) is 15.3. The van der Waals surface area contributed by atoms with Crippen LogP contribution < -0.4 is 5.32 Å². The summed E-state index contributed by atoms with van der Waals surface area (Å²) in [6.45, 7) is 6.04. The number of nitrogens with zero attached hydrogens (tertiary/aromatic N) is 1. The summed E-state index contributed by atoms with van der Waals surface area (Å²) in [5.74, 6) is -0.691. The van der Waals surface area contributed by atoms with Gasteiger partial charge in [0.2, 0.25) is 0 Å². The maximum Gasteiger partial charge on any atom is 0.326 e. The highest BCUT2D eigenvalue weighted by Crippen LogP contribution is 2.67. The number of carbonyl (C=O) groups excluding carboxylic acids is 1. The van der Waals surface area contributed by atoms with Crippen LogP contribution in [0.4, 0.5) is 0 Å². The fraction of sp³-hybridized carbons (Fsp3) is 0.606. The van der Waals surface area contributed by atoms with Crippen LogP contribution in [0.3, 0.4) is 0 Å². The van der Waals surface area contributed by atoms with Gasteiger partial charge in [0.1, 0.15) is 6.04 Å².